The summed E-state index contributed by atoms with van der Waals surface area (Å²) in [5.41, 5.74) is 2.63. The molecule has 0 spiro atoms. The number of para-hydroxylation sites is 2. The molecular formula is C24H21FN4O2S. The van der Waals surface area contributed by atoms with Gasteiger partial charge in [-0.3, -0.25) is 4.79 Å². The van der Waals surface area contributed by atoms with Crippen molar-refractivity contribution in [2.75, 3.05) is 18.4 Å². The second-order valence-electron chi connectivity index (χ2n) is 8.47. The zero-order valence-corrected chi connectivity index (χ0v) is 18.2. The average molecular weight is 449 g/mol. The maximum Gasteiger partial charge on any atom is 0.295 e. The number of carbonyl (C=O) groups is 1. The quantitative estimate of drug-likeness (QED) is 0.467. The topological polar surface area (TPSA) is 71.3 Å². The van der Waals surface area contributed by atoms with E-state index in [2.05, 4.69) is 15.3 Å². The lowest BCUT2D eigenvalue weighted by atomic mass is 10.1. The Morgan fingerprint density at radius 3 is 2.97 bits per heavy atom. The summed E-state index contributed by atoms with van der Waals surface area (Å²) in [6.45, 7) is 3.17. The summed E-state index contributed by atoms with van der Waals surface area (Å²) in [7, 11) is 0. The van der Waals surface area contributed by atoms with Gasteiger partial charge in [0, 0.05) is 13.1 Å². The number of oxazole rings is 1. The highest BCUT2D eigenvalue weighted by molar-refractivity contribution is 7.15. The number of aromatic nitrogens is 2. The first kappa shape index (κ1) is 19.4. The van der Waals surface area contributed by atoms with Crippen LogP contribution < -0.4 is 5.32 Å². The SMILES string of the molecule is Cc1nc(C(=O)N2C[C@H]3C[C@H]3[C@H]2CNc2nc3ccccc3o2)c(-c2cccc(F)c2)s1. The molecule has 6 rings (SSSR count). The standard InChI is InChI=1S/C24H21FN4O2S/c1-13-27-21(22(32-13)14-5-4-6-16(25)9-14)23(30)29-12-15-10-17(15)19(29)11-26-24-28-18-7-2-3-8-20(18)31-24/h2-9,15,17,19H,10-12H2,1H3,(H,26,28)/t15-,17-,19-/m1/s1. The van der Waals surface area contributed by atoms with Gasteiger partial charge in [-0.05, 0) is 55.0 Å². The molecule has 1 saturated heterocycles. The first-order chi connectivity index (χ1) is 15.6. The van der Waals surface area contributed by atoms with Gasteiger partial charge in [-0.25, -0.2) is 9.37 Å². The molecule has 1 aliphatic heterocycles. The van der Waals surface area contributed by atoms with Crippen molar-refractivity contribution >= 4 is 34.4 Å². The monoisotopic (exact) mass is 448 g/mol. The van der Waals surface area contributed by atoms with Crippen LogP contribution in [0.5, 0.6) is 0 Å². The Kier molecular flexibility index (Phi) is 4.50. The number of anilines is 1. The number of nitrogens with one attached hydrogen (secondary N) is 1. The van der Waals surface area contributed by atoms with E-state index in [-0.39, 0.29) is 17.8 Å². The van der Waals surface area contributed by atoms with Crippen molar-refractivity contribution in [1.29, 1.82) is 0 Å². The maximum absolute atomic E-state index is 13.8. The van der Waals surface area contributed by atoms with E-state index in [1.165, 1.54) is 23.5 Å². The average Bonchev–Trinajstić information content (AvgIpc) is 3.11. The zero-order valence-electron chi connectivity index (χ0n) is 17.4. The third kappa shape index (κ3) is 3.35. The molecule has 1 saturated carbocycles. The smallest absolute Gasteiger partial charge is 0.295 e. The Balaban J connectivity index is 1.25. The van der Waals surface area contributed by atoms with Gasteiger partial charge in [-0.15, -0.1) is 11.3 Å². The number of piperidine rings is 1. The van der Waals surface area contributed by atoms with E-state index in [0.29, 0.717) is 35.7 Å². The molecule has 6 nitrogen and oxygen atoms in total. The summed E-state index contributed by atoms with van der Waals surface area (Å²) in [6.07, 6.45) is 1.14. The number of rotatable bonds is 5. The number of fused-ring (bicyclic) bond motifs is 2. The summed E-state index contributed by atoms with van der Waals surface area (Å²) in [6, 6.07) is 14.5. The predicted molar refractivity (Wildman–Crippen MR) is 121 cm³/mol. The van der Waals surface area contributed by atoms with Gasteiger partial charge < -0.3 is 14.6 Å². The molecule has 1 N–H and O–H groups in total. The van der Waals surface area contributed by atoms with E-state index < -0.39 is 0 Å². The Morgan fingerprint density at radius 1 is 1.25 bits per heavy atom. The third-order valence-electron chi connectivity index (χ3n) is 6.34. The van der Waals surface area contributed by atoms with Crippen LogP contribution in [0.25, 0.3) is 21.5 Å². The van der Waals surface area contributed by atoms with Crippen LogP contribution in [0.2, 0.25) is 0 Å². The van der Waals surface area contributed by atoms with Crippen LogP contribution in [0.1, 0.15) is 21.9 Å². The fourth-order valence-corrected chi connectivity index (χ4v) is 5.65. The molecule has 2 fully saturated rings. The van der Waals surface area contributed by atoms with Crippen LogP contribution in [0.4, 0.5) is 10.4 Å². The van der Waals surface area contributed by atoms with Crippen LogP contribution in [-0.2, 0) is 0 Å². The number of halogens is 1. The molecule has 32 heavy (non-hydrogen) atoms. The van der Waals surface area contributed by atoms with Crippen molar-refractivity contribution in [3.05, 3.63) is 65.0 Å². The van der Waals surface area contributed by atoms with Crippen molar-refractivity contribution in [3.8, 4) is 10.4 Å². The van der Waals surface area contributed by atoms with E-state index in [4.69, 9.17) is 4.42 Å². The fraction of sp³-hybridized carbons (Fsp3) is 0.292. The van der Waals surface area contributed by atoms with E-state index in [0.717, 1.165) is 34.0 Å². The number of thiazole rings is 1. The summed E-state index contributed by atoms with van der Waals surface area (Å²) >= 11 is 1.42. The molecule has 3 heterocycles. The summed E-state index contributed by atoms with van der Waals surface area (Å²) < 4.78 is 19.6. The summed E-state index contributed by atoms with van der Waals surface area (Å²) in [5, 5.41) is 4.08. The molecule has 1 amide bonds. The number of carbonyl (C=O) groups excluding carboxylic acids is 1. The van der Waals surface area contributed by atoms with Crippen molar-refractivity contribution in [2.24, 2.45) is 11.8 Å². The van der Waals surface area contributed by atoms with Gasteiger partial charge in [-0.1, -0.05) is 24.3 Å². The van der Waals surface area contributed by atoms with Crippen LogP contribution in [-0.4, -0.2) is 39.9 Å². The van der Waals surface area contributed by atoms with Gasteiger partial charge in [-0.2, -0.15) is 4.98 Å². The highest BCUT2D eigenvalue weighted by Gasteiger charge is 2.54. The van der Waals surface area contributed by atoms with Crippen LogP contribution in [0.15, 0.2) is 52.9 Å². The number of aryl methyl sites for hydroxylation is 1. The maximum atomic E-state index is 13.8. The van der Waals surface area contributed by atoms with E-state index in [1.54, 1.807) is 6.07 Å². The number of hydrogen-bond acceptors (Lipinski definition) is 6. The van der Waals surface area contributed by atoms with Crippen LogP contribution in [0.3, 0.4) is 0 Å². The lowest BCUT2D eigenvalue weighted by Crippen LogP contribution is -2.42. The number of hydrogen-bond donors (Lipinski definition) is 1. The second kappa shape index (κ2) is 7.41. The van der Waals surface area contributed by atoms with Gasteiger partial charge >= 0.3 is 0 Å². The molecule has 0 unspecified atom stereocenters. The summed E-state index contributed by atoms with van der Waals surface area (Å²) in [4.78, 5) is 25.2. The largest absolute Gasteiger partial charge is 0.424 e. The van der Waals surface area contributed by atoms with Crippen molar-refractivity contribution < 1.29 is 13.6 Å². The van der Waals surface area contributed by atoms with E-state index in [9.17, 15) is 9.18 Å². The van der Waals surface area contributed by atoms with Crippen LogP contribution in [0, 0.1) is 24.6 Å². The molecule has 1 aliphatic carbocycles. The minimum Gasteiger partial charge on any atom is -0.424 e. The Bertz CT molecular complexity index is 1300. The molecule has 0 bridgehead atoms. The van der Waals surface area contributed by atoms with E-state index in [1.807, 2.05) is 42.2 Å². The minimum absolute atomic E-state index is 0.0462. The van der Waals surface area contributed by atoms with E-state index >= 15 is 0 Å². The third-order valence-corrected chi connectivity index (χ3v) is 7.36. The normalized spacial score (nSPS) is 21.7. The lowest BCUT2D eigenvalue weighted by molar-refractivity contribution is 0.0710. The number of benzene rings is 2. The molecule has 3 atom stereocenters. The highest BCUT2D eigenvalue weighted by atomic mass is 32.1. The molecule has 2 aliphatic rings. The van der Waals surface area contributed by atoms with Gasteiger partial charge in [0.25, 0.3) is 11.9 Å². The Hall–Kier alpha value is -3.26. The molecule has 8 heteroatoms. The zero-order chi connectivity index (χ0) is 21.8. The second-order valence-corrected chi connectivity index (χ2v) is 9.68. The van der Waals surface area contributed by atoms with Gasteiger partial charge in [0.15, 0.2) is 5.58 Å². The molecule has 162 valence electrons. The minimum atomic E-state index is -0.324. The van der Waals surface area contributed by atoms with Crippen molar-refractivity contribution in [2.45, 2.75) is 19.4 Å². The fourth-order valence-electron chi connectivity index (χ4n) is 4.74. The Labute approximate surface area is 188 Å². The molecular weight excluding hydrogens is 427 g/mol. The number of nitrogens with zero attached hydrogens (tertiary/aromatic N) is 3. The van der Waals surface area contributed by atoms with Gasteiger partial charge in [0.2, 0.25) is 0 Å². The lowest BCUT2D eigenvalue weighted by Gasteiger charge is -2.27. The highest BCUT2D eigenvalue weighted by Crippen LogP contribution is 2.50. The molecule has 2 aromatic carbocycles. The van der Waals surface area contributed by atoms with Gasteiger partial charge in [0.05, 0.1) is 15.9 Å². The van der Waals surface area contributed by atoms with Crippen molar-refractivity contribution in [1.82, 2.24) is 14.9 Å². The first-order valence-electron chi connectivity index (χ1n) is 10.7. The first-order valence-corrected chi connectivity index (χ1v) is 11.5. The van der Waals surface area contributed by atoms with Crippen molar-refractivity contribution in [3.63, 3.8) is 0 Å². The predicted octanol–water partition coefficient (Wildman–Crippen LogP) is 4.97. The molecule has 2 aromatic heterocycles. The molecule has 4 aromatic rings. The number of amides is 1. The summed E-state index contributed by atoms with van der Waals surface area (Å²) in [5.74, 6) is 0.597. The number of likely N-dealkylation sites (tertiary alicyclic amines) is 1. The van der Waals surface area contributed by atoms with Crippen LogP contribution >= 0.6 is 11.3 Å². The molecule has 0 radical (unpaired) electrons. The Morgan fingerprint density at radius 2 is 2.12 bits per heavy atom. The van der Waals surface area contributed by atoms with Gasteiger partial charge in [0.1, 0.15) is 17.0 Å².